The Morgan fingerprint density at radius 1 is 1.25 bits per heavy atom. The number of aliphatic hydroxyl groups excluding tert-OH is 1. The zero-order valence-electron chi connectivity index (χ0n) is 12.3. The molecular weight excluding hydrogens is 256 g/mol. The predicted molar refractivity (Wildman–Crippen MR) is 79.3 cm³/mol. The second-order valence-electron chi connectivity index (χ2n) is 5.26. The highest BCUT2D eigenvalue weighted by molar-refractivity contribution is 5.64. The van der Waals surface area contributed by atoms with Crippen LogP contribution < -0.4 is 15.4 Å². The molecule has 3 N–H and O–H groups in total. The molecule has 1 aliphatic carbocycles. The highest BCUT2D eigenvalue weighted by Crippen LogP contribution is 2.35. The van der Waals surface area contributed by atoms with Crippen molar-refractivity contribution < 1.29 is 9.84 Å². The average Bonchev–Trinajstić information content (AvgIpc) is 2.49. The minimum absolute atomic E-state index is 0.108. The van der Waals surface area contributed by atoms with Crippen LogP contribution >= 0.6 is 0 Å². The summed E-state index contributed by atoms with van der Waals surface area (Å²) in [5.41, 5.74) is -0.288. The van der Waals surface area contributed by atoms with E-state index in [4.69, 9.17) is 4.74 Å². The van der Waals surface area contributed by atoms with Crippen molar-refractivity contribution in [1.29, 1.82) is 0 Å². The molecule has 0 unspecified atom stereocenters. The van der Waals surface area contributed by atoms with E-state index in [1.807, 2.05) is 6.92 Å². The number of methoxy groups -OCH3 is 1. The Hall–Kier alpha value is -1.56. The summed E-state index contributed by atoms with van der Waals surface area (Å²) < 4.78 is 5.43. The van der Waals surface area contributed by atoms with E-state index in [1.54, 1.807) is 7.11 Å². The summed E-state index contributed by atoms with van der Waals surface area (Å²) in [5, 5.41) is 16.3. The molecule has 0 amide bonds. The van der Waals surface area contributed by atoms with Crippen molar-refractivity contribution >= 4 is 11.6 Å². The molecule has 112 valence electrons. The van der Waals surface area contributed by atoms with Gasteiger partial charge in [0.25, 0.3) is 0 Å². The number of hydrogen-bond acceptors (Lipinski definition) is 6. The van der Waals surface area contributed by atoms with Crippen molar-refractivity contribution in [1.82, 2.24) is 9.97 Å². The van der Waals surface area contributed by atoms with Gasteiger partial charge in [0.05, 0.1) is 19.3 Å². The summed E-state index contributed by atoms with van der Waals surface area (Å²) in [6.07, 6.45) is 6.90. The lowest BCUT2D eigenvalue weighted by molar-refractivity contribution is 0.172. The van der Waals surface area contributed by atoms with Crippen LogP contribution in [0.25, 0.3) is 0 Å². The fourth-order valence-electron chi connectivity index (χ4n) is 2.75. The molecule has 0 saturated heterocycles. The number of nitrogens with one attached hydrogen (secondary N) is 2. The van der Waals surface area contributed by atoms with E-state index in [9.17, 15) is 5.11 Å². The summed E-state index contributed by atoms with van der Waals surface area (Å²) >= 11 is 0. The molecule has 2 rings (SSSR count). The first-order valence-corrected chi connectivity index (χ1v) is 7.26. The van der Waals surface area contributed by atoms with E-state index in [1.165, 1.54) is 12.7 Å². The quantitative estimate of drug-likeness (QED) is 0.740. The van der Waals surface area contributed by atoms with Crippen molar-refractivity contribution in [3.8, 4) is 5.75 Å². The van der Waals surface area contributed by atoms with E-state index in [-0.39, 0.29) is 12.1 Å². The molecule has 0 atom stereocenters. The van der Waals surface area contributed by atoms with Gasteiger partial charge in [-0.25, -0.2) is 9.97 Å². The molecule has 20 heavy (non-hydrogen) atoms. The monoisotopic (exact) mass is 280 g/mol. The van der Waals surface area contributed by atoms with Gasteiger partial charge >= 0.3 is 0 Å². The SMILES string of the molecule is CCNc1ncnc(NC2(CO)CCCCC2)c1OC. The largest absolute Gasteiger partial charge is 0.490 e. The van der Waals surface area contributed by atoms with Crippen LogP contribution in [0.4, 0.5) is 11.6 Å². The Balaban J connectivity index is 2.25. The van der Waals surface area contributed by atoms with Crippen LogP contribution in [-0.4, -0.2) is 40.9 Å². The standard InChI is InChI=1S/C14H24N4O2/c1-3-15-12-11(20-2)13(17-10-16-12)18-14(9-19)7-5-4-6-8-14/h10,19H,3-9H2,1-2H3,(H2,15,16,17,18). The van der Waals surface area contributed by atoms with Gasteiger partial charge in [0.15, 0.2) is 11.6 Å². The normalized spacial score (nSPS) is 17.6. The summed E-state index contributed by atoms with van der Waals surface area (Å²) in [6.45, 7) is 2.87. The zero-order chi connectivity index (χ0) is 14.4. The smallest absolute Gasteiger partial charge is 0.204 e. The van der Waals surface area contributed by atoms with E-state index in [2.05, 4.69) is 20.6 Å². The first-order valence-electron chi connectivity index (χ1n) is 7.26. The molecule has 1 saturated carbocycles. The molecular formula is C14H24N4O2. The first-order chi connectivity index (χ1) is 9.74. The second-order valence-corrected chi connectivity index (χ2v) is 5.26. The lowest BCUT2D eigenvalue weighted by Gasteiger charge is -2.37. The Morgan fingerprint density at radius 3 is 2.55 bits per heavy atom. The Bertz CT molecular complexity index is 433. The number of hydrogen-bond donors (Lipinski definition) is 3. The minimum atomic E-state index is -0.288. The molecule has 6 nitrogen and oxygen atoms in total. The number of aromatic nitrogens is 2. The first kappa shape index (κ1) is 14.8. The summed E-state index contributed by atoms with van der Waals surface area (Å²) in [4.78, 5) is 8.47. The third-order valence-corrected chi connectivity index (χ3v) is 3.85. The molecule has 1 heterocycles. The van der Waals surface area contributed by atoms with Crippen LogP contribution in [0.1, 0.15) is 39.0 Å². The molecule has 1 aromatic heterocycles. The fraction of sp³-hybridized carbons (Fsp3) is 0.714. The Morgan fingerprint density at radius 2 is 1.95 bits per heavy atom. The maximum Gasteiger partial charge on any atom is 0.204 e. The van der Waals surface area contributed by atoms with Crippen LogP contribution in [0.5, 0.6) is 5.75 Å². The molecule has 1 aliphatic rings. The zero-order valence-corrected chi connectivity index (χ0v) is 12.3. The van der Waals surface area contributed by atoms with Gasteiger partial charge in [-0.3, -0.25) is 0 Å². The van der Waals surface area contributed by atoms with Crippen LogP contribution in [0, 0.1) is 0 Å². The van der Waals surface area contributed by atoms with Gasteiger partial charge in [0.1, 0.15) is 6.33 Å². The van der Waals surface area contributed by atoms with Crippen molar-refractivity contribution in [2.45, 2.75) is 44.6 Å². The summed E-state index contributed by atoms with van der Waals surface area (Å²) in [6, 6.07) is 0. The molecule has 0 aromatic carbocycles. The van der Waals surface area contributed by atoms with Crippen LogP contribution in [0.3, 0.4) is 0 Å². The molecule has 0 bridgehead atoms. The van der Waals surface area contributed by atoms with E-state index in [0.717, 1.165) is 32.2 Å². The molecule has 1 fully saturated rings. The Labute approximate surface area is 120 Å². The number of anilines is 2. The van der Waals surface area contributed by atoms with E-state index >= 15 is 0 Å². The lowest BCUT2D eigenvalue weighted by Crippen LogP contribution is -2.44. The number of rotatable bonds is 6. The number of aliphatic hydroxyl groups is 1. The molecule has 0 spiro atoms. The molecule has 0 aliphatic heterocycles. The Kier molecular flexibility index (Phi) is 5.00. The van der Waals surface area contributed by atoms with Crippen LogP contribution in [0.15, 0.2) is 6.33 Å². The van der Waals surface area contributed by atoms with Crippen molar-refractivity contribution in [2.75, 3.05) is 30.9 Å². The average molecular weight is 280 g/mol. The lowest BCUT2D eigenvalue weighted by atomic mass is 9.82. The van der Waals surface area contributed by atoms with Gasteiger partial charge in [-0.05, 0) is 19.8 Å². The molecule has 6 heteroatoms. The number of ether oxygens (including phenoxy) is 1. The van der Waals surface area contributed by atoms with Gasteiger partial charge in [-0.15, -0.1) is 0 Å². The highest BCUT2D eigenvalue weighted by Gasteiger charge is 2.32. The summed E-state index contributed by atoms with van der Waals surface area (Å²) in [5.74, 6) is 1.93. The van der Waals surface area contributed by atoms with Gasteiger partial charge in [-0.2, -0.15) is 0 Å². The third-order valence-electron chi connectivity index (χ3n) is 3.85. The van der Waals surface area contributed by atoms with Crippen molar-refractivity contribution in [3.05, 3.63) is 6.33 Å². The van der Waals surface area contributed by atoms with Gasteiger partial charge < -0.3 is 20.5 Å². The fourth-order valence-corrected chi connectivity index (χ4v) is 2.75. The van der Waals surface area contributed by atoms with Crippen molar-refractivity contribution in [2.24, 2.45) is 0 Å². The van der Waals surface area contributed by atoms with Crippen molar-refractivity contribution in [3.63, 3.8) is 0 Å². The topological polar surface area (TPSA) is 79.3 Å². The van der Waals surface area contributed by atoms with E-state index < -0.39 is 0 Å². The number of nitrogens with zero attached hydrogens (tertiary/aromatic N) is 2. The second kappa shape index (κ2) is 6.74. The molecule has 0 radical (unpaired) electrons. The van der Waals surface area contributed by atoms with Crippen LogP contribution in [0.2, 0.25) is 0 Å². The third kappa shape index (κ3) is 3.12. The van der Waals surface area contributed by atoms with Crippen LogP contribution in [-0.2, 0) is 0 Å². The highest BCUT2D eigenvalue weighted by atomic mass is 16.5. The maximum absolute atomic E-state index is 9.78. The predicted octanol–water partition coefficient (Wildman–Crippen LogP) is 2.02. The van der Waals surface area contributed by atoms with E-state index in [0.29, 0.717) is 17.4 Å². The van der Waals surface area contributed by atoms with Gasteiger partial charge in [0, 0.05) is 6.54 Å². The molecule has 1 aromatic rings. The van der Waals surface area contributed by atoms with Gasteiger partial charge in [0.2, 0.25) is 5.75 Å². The maximum atomic E-state index is 9.78. The summed E-state index contributed by atoms with van der Waals surface area (Å²) in [7, 11) is 1.61. The van der Waals surface area contributed by atoms with Gasteiger partial charge in [-0.1, -0.05) is 19.3 Å². The minimum Gasteiger partial charge on any atom is -0.490 e.